The van der Waals surface area contributed by atoms with Gasteiger partial charge in [-0.15, -0.1) is 0 Å². The van der Waals surface area contributed by atoms with Crippen LogP contribution in [0, 0.1) is 13.8 Å². The van der Waals surface area contributed by atoms with Crippen LogP contribution in [0.15, 0.2) is 42.7 Å². The zero-order chi connectivity index (χ0) is 14.1. The Morgan fingerprint density at radius 1 is 0.900 bits per heavy atom. The molecule has 0 aliphatic heterocycles. The number of imidazole rings is 1. The van der Waals surface area contributed by atoms with Crippen molar-refractivity contribution < 1.29 is 0 Å². The van der Waals surface area contributed by atoms with Crippen LogP contribution in [0.2, 0.25) is 0 Å². The Kier molecular flexibility index (Phi) is 2.99. The monoisotopic (exact) mass is 264 g/mol. The molecule has 0 aliphatic rings. The van der Waals surface area contributed by atoms with Crippen molar-refractivity contribution in [3.8, 4) is 22.6 Å². The number of aryl methyl sites for hydroxylation is 2. The molecule has 0 aliphatic carbocycles. The maximum Gasteiger partial charge on any atom is 0.139 e. The number of nitrogens with zero attached hydrogens (tertiary/aromatic N) is 2. The number of nitrogens with one attached hydrogen (secondary N) is 1. The normalized spacial score (nSPS) is 10.7. The van der Waals surface area contributed by atoms with Crippen LogP contribution in [0.25, 0.3) is 22.6 Å². The Hall–Kier alpha value is -2.62. The summed E-state index contributed by atoms with van der Waals surface area (Å²) >= 11 is 0. The number of hydrogen-bond donors (Lipinski definition) is 2. The Labute approximate surface area is 117 Å². The van der Waals surface area contributed by atoms with E-state index in [1.165, 1.54) is 11.1 Å². The molecule has 2 aromatic heterocycles. The summed E-state index contributed by atoms with van der Waals surface area (Å²) in [6.07, 6.45) is 3.57. The third-order valence-electron chi connectivity index (χ3n) is 3.17. The molecule has 20 heavy (non-hydrogen) atoms. The van der Waals surface area contributed by atoms with Gasteiger partial charge in [0.15, 0.2) is 0 Å². The first-order valence-corrected chi connectivity index (χ1v) is 6.47. The fourth-order valence-electron chi connectivity index (χ4n) is 2.29. The number of pyridine rings is 1. The number of nitrogens with two attached hydrogens (primary N) is 1. The largest absolute Gasteiger partial charge is 0.384 e. The molecule has 100 valence electrons. The lowest BCUT2D eigenvalue weighted by atomic mass is 10.1. The van der Waals surface area contributed by atoms with Crippen molar-refractivity contribution in [3.05, 3.63) is 53.9 Å². The summed E-state index contributed by atoms with van der Waals surface area (Å²) in [7, 11) is 0. The van der Waals surface area contributed by atoms with E-state index in [9.17, 15) is 0 Å². The quantitative estimate of drug-likeness (QED) is 0.746. The van der Waals surface area contributed by atoms with Crippen LogP contribution in [0.4, 0.5) is 5.82 Å². The zero-order valence-electron chi connectivity index (χ0n) is 11.5. The van der Waals surface area contributed by atoms with Gasteiger partial charge in [0.25, 0.3) is 0 Å². The summed E-state index contributed by atoms with van der Waals surface area (Å²) in [5.74, 6) is 1.31. The highest BCUT2D eigenvalue weighted by atomic mass is 14.9. The summed E-state index contributed by atoms with van der Waals surface area (Å²) in [6.45, 7) is 4.19. The standard InChI is InChI=1S/C16H16N4/c1-10-5-11(2)7-13(6-10)14-9-19-16(20-14)12-3-4-15(17)18-8-12/h3-9H,1-2H3,(H2,17,18)(H,19,20). The van der Waals surface area contributed by atoms with Crippen molar-refractivity contribution in [1.29, 1.82) is 0 Å². The van der Waals surface area contributed by atoms with Gasteiger partial charge < -0.3 is 10.7 Å². The van der Waals surface area contributed by atoms with Gasteiger partial charge >= 0.3 is 0 Å². The number of benzene rings is 1. The molecule has 0 fully saturated rings. The predicted molar refractivity (Wildman–Crippen MR) is 81.1 cm³/mol. The summed E-state index contributed by atoms with van der Waals surface area (Å²) in [5, 5.41) is 0. The lowest BCUT2D eigenvalue weighted by Crippen LogP contribution is -1.89. The van der Waals surface area contributed by atoms with Gasteiger partial charge in [0.1, 0.15) is 11.6 Å². The molecule has 0 atom stereocenters. The molecular formula is C16H16N4. The second-order valence-electron chi connectivity index (χ2n) is 4.99. The smallest absolute Gasteiger partial charge is 0.139 e. The molecule has 0 spiro atoms. The molecule has 0 bridgehead atoms. The molecule has 3 N–H and O–H groups in total. The number of aromatic nitrogens is 3. The highest BCUT2D eigenvalue weighted by molar-refractivity contribution is 5.65. The molecular weight excluding hydrogens is 248 g/mol. The number of hydrogen-bond acceptors (Lipinski definition) is 3. The van der Waals surface area contributed by atoms with E-state index >= 15 is 0 Å². The second-order valence-corrected chi connectivity index (χ2v) is 4.99. The van der Waals surface area contributed by atoms with Gasteiger partial charge in [-0.3, -0.25) is 0 Å². The minimum atomic E-state index is 0.509. The molecule has 0 saturated heterocycles. The number of rotatable bonds is 2. The van der Waals surface area contributed by atoms with E-state index in [0.29, 0.717) is 5.82 Å². The molecule has 4 heteroatoms. The second kappa shape index (κ2) is 4.81. The first-order chi connectivity index (χ1) is 9.61. The van der Waals surface area contributed by atoms with E-state index in [2.05, 4.69) is 47.0 Å². The maximum absolute atomic E-state index is 5.59. The lowest BCUT2D eigenvalue weighted by Gasteiger charge is -2.02. The molecule has 0 saturated carbocycles. The van der Waals surface area contributed by atoms with Crippen LogP contribution >= 0.6 is 0 Å². The van der Waals surface area contributed by atoms with Crippen LogP contribution in [-0.4, -0.2) is 15.0 Å². The first-order valence-electron chi connectivity index (χ1n) is 6.47. The zero-order valence-corrected chi connectivity index (χ0v) is 11.5. The Balaban J connectivity index is 1.99. The summed E-state index contributed by atoms with van der Waals surface area (Å²) in [4.78, 5) is 11.8. The van der Waals surface area contributed by atoms with Crippen molar-refractivity contribution in [2.75, 3.05) is 5.73 Å². The molecule has 0 unspecified atom stereocenters. The third kappa shape index (κ3) is 2.40. The third-order valence-corrected chi connectivity index (χ3v) is 3.17. The van der Waals surface area contributed by atoms with Gasteiger partial charge in [0.05, 0.1) is 11.9 Å². The van der Waals surface area contributed by atoms with Crippen LogP contribution in [0.1, 0.15) is 11.1 Å². The summed E-state index contributed by atoms with van der Waals surface area (Å²) in [5.41, 5.74) is 11.1. The Morgan fingerprint density at radius 2 is 1.65 bits per heavy atom. The summed E-state index contributed by atoms with van der Waals surface area (Å²) < 4.78 is 0. The highest BCUT2D eigenvalue weighted by Gasteiger charge is 2.06. The van der Waals surface area contributed by atoms with Crippen LogP contribution < -0.4 is 5.73 Å². The topological polar surface area (TPSA) is 67.6 Å². The Morgan fingerprint density at radius 3 is 2.30 bits per heavy atom. The van der Waals surface area contributed by atoms with E-state index < -0.39 is 0 Å². The van der Waals surface area contributed by atoms with Crippen LogP contribution in [0.5, 0.6) is 0 Å². The molecule has 0 radical (unpaired) electrons. The van der Waals surface area contributed by atoms with E-state index in [4.69, 9.17) is 5.73 Å². The molecule has 3 aromatic rings. The molecule has 2 heterocycles. The van der Waals surface area contributed by atoms with E-state index in [1.807, 2.05) is 12.3 Å². The van der Waals surface area contributed by atoms with Gasteiger partial charge in [0, 0.05) is 17.3 Å². The van der Waals surface area contributed by atoms with E-state index in [1.54, 1.807) is 12.3 Å². The predicted octanol–water partition coefficient (Wildman–Crippen LogP) is 3.34. The highest BCUT2D eigenvalue weighted by Crippen LogP contribution is 2.23. The number of anilines is 1. The first kappa shape index (κ1) is 12.4. The van der Waals surface area contributed by atoms with E-state index in [0.717, 1.165) is 22.6 Å². The van der Waals surface area contributed by atoms with Crippen molar-refractivity contribution >= 4 is 5.82 Å². The minimum absolute atomic E-state index is 0.509. The minimum Gasteiger partial charge on any atom is -0.384 e. The van der Waals surface area contributed by atoms with Crippen molar-refractivity contribution in [1.82, 2.24) is 15.0 Å². The lowest BCUT2D eigenvalue weighted by molar-refractivity contribution is 1.26. The average Bonchev–Trinajstić information content (AvgIpc) is 2.88. The average molecular weight is 264 g/mol. The van der Waals surface area contributed by atoms with Gasteiger partial charge in [-0.1, -0.05) is 17.2 Å². The van der Waals surface area contributed by atoms with Crippen molar-refractivity contribution in [2.45, 2.75) is 13.8 Å². The van der Waals surface area contributed by atoms with Gasteiger partial charge in [-0.25, -0.2) is 9.97 Å². The number of aromatic amines is 1. The fourth-order valence-corrected chi connectivity index (χ4v) is 2.29. The molecule has 0 amide bonds. The van der Waals surface area contributed by atoms with E-state index in [-0.39, 0.29) is 0 Å². The Bertz CT molecular complexity index is 721. The molecule has 3 rings (SSSR count). The van der Waals surface area contributed by atoms with Crippen molar-refractivity contribution in [2.24, 2.45) is 0 Å². The van der Waals surface area contributed by atoms with Crippen LogP contribution in [-0.2, 0) is 0 Å². The van der Waals surface area contributed by atoms with Gasteiger partial charge in [-0.05, 0) is 38.1 Å². The fraction of sp³-hybridized carbons (Fsp3) is 0.125. The van der Waals surface area contributed by atoms with Crippen molar-refractivity contribution in [3.63, 3.8) is 0 Å². The number of nitrogen functional groups attached to an aromatic ring is 1. The summed E-state index contributed by atoms with van der Waals surface area (Å²) in [6, 6.07) is 10.1. The maximum atomic E-state index is 5.59. The van der Waals surface area contributed by atoms with Gasteiger partial charge in [0.2, 0.25) is 0 Å². The molecule has 4 nitrogen and oxygen atoms in total. The molecule has 1 aromatic carbocycles. The van der Waals surface area contributed by atoms with Gasteiger partial charge in [-0.2, -0.15) is 0 Å². The van der Waals surface area contributed by atoms with Crippen LogP contribution in [0.3, 0.4) is 0 Å². The SMILES string of the molecule is Cc1cc(C)cc(-c2cnc(-c3ccc(N)nc3)[nH]2)c1. The number of H-pyrrole nitrogens is 1.